The lowest BCUT2D eigenvalue weighted by molar-refractivity contribution is 0.0697. The predicted molar refractivity (Wildman–Crippen MR) is 113 cm³/mol. The molecule has 0 unspecified atom stereocenters. The highest BCUT2D eigenvalue weighted by Crippen LogP contribution is 2.24. The molecule has 1 aromatic heterocycles. The molecule has 1 aliphatic rings. The highest BCUT2D eigenvalue weighted by molar-refractivity contribution is 7.88. The normalized spacial score (nSPS) is 15.8. The van der Waals surface area contributed by atoms with Gasteiger partial charge in [-0.1, -0.05) is 55.8 Å². The summed E-state index contributed by atoms with van der Waals surface area (Å²) in [4.78, 5) is 14.7. The highest BCUT2D eigenvalue weighted by atomic mass is 35.5. The van der Waals surface area contributed by atoms with Crippen LogP contribution in [-0.4, -0.2) is 59.5 Å². The lowest BCUT2D eigenvalue weighted by Gasteiger charge is -2.34. The molecule has 0 atom stereocenters. The van der Waals surface area contributed by atoms with Gasteiger partial charge in [-0.2, -0.15) is 9.40 Å². The summed E-state index contributed by atoms with van der Waals surface area (Å²) in [7, 11) is -3.42. The SMILES string of the molecule is Cc1nn(CC(C)C)c(Cl)c1C(=O)N1CCN(S(=O)(=O)Cc2ccccc2)CC1. The molecule has 1 amide bonds. The van der Waals surface area contributed by atoms with Crippen LogP contribution in [0.4, 0.5) is 0 Å². The van der Waals surface area contributed by atoms with Crippen LogP contribution >= 0.6 is 11.6 Å². The average molecular weight is 439 g/mol. The maximum absolute atomic E-state index is 13.0. The molecule has 1 aromatic carbocycles. The van der Waals surface area contributed by atoms with Gasteiger partial charge in [0.1, 0.15) is 5.15 Å². The molecule has 9 heteroatoms. The van der Waals surface area contributed by atoms with Gasteiger partial charge < -0.3 is 4.90 Å². The number of amides is 1. The lowest BCUT2D eigenvalue weighted by Crippen LogP contribution is -2.50. The number of sulfonamides is 1. The average Bonchev–Trinajstić information content (AvgIpc) is 2.94. The molecule has 0 spiro atoms. The van der Waals surface area contributed by atoms with Gasteiger partial charge in [-0.05, 0) is 18.4 Å². The fourth-order valence-electron chi connectivity index (χ4n) is 3.47. The van der Waals surface area contributed by atoms with Gasteiger partial charge in [0, 0.05) is 32.7 Å². The van der Waals surface area contributed by atoms with E-state index >= 15 is 0 Å². The van der Waals surface area contributed by atoms with Crippen molar-refractivity contribution in [1.29, 1.82) is 0 Å². The number of hydrogen-bond donors (Lipinski definition) is 0. The van der Waals surface area contributed by atoms with Crippen molar-refractivity contribution in [2.75, 3.05) is 26.2 Å². The molecule has 1 fully saturated rings. The molecule has 29 heavy (non-hydrogen) atoms. The van der Waals surface area contributed by atoms with E-state index in [1.807, 2.05) is 18.2 Å². The molecule has 0 N–H and O–H groups in total. The summed E-state index contributed by atoms with van der Waals surface area (Å²) < 4.78 is 28.5. The summed E-state index contributed by atoms with van der Waals surface area (Å²) in [6.45, 7) is 7.74. The van der Waals surface area contributed by atoms with Crippen LogP contribution < -0.4 is 0 Å². The van der Waals surface area contributed by atoms with E-state index in [-0.39, 0.29) is 24.7 Å². The monoisotopic (exact) mass is 438 g/mol. The summed E-state index contributed by atoms with van der Waals surface area (Å²) in [6, 6.07) is 9.12. The third kappa shape index (κ3) is 4.99. The first kappa shape index (κ1) is 21.8. The largest absolute Gasteiger partial charge is 0.336 e. The molecule has 158 valence electrons. The second kappa shape index (κ2) is 8.85. The summed E-state index contributed by atoms with van der Waals surface area (Å²) >= 11 is 6.43. The van der Waals surface area contributed by atoms with Crippen molar-refractivity contribution < 1.29 is 13.2 Å². The van der Waals surface area contributed by atoms with Crippen molar-refractivity contribution in [2.45, 2.75) is 33.1 Å². The minimum atomic E-state index is -3.42. The summed E-state index contributed by atoms with van der Waals surface area (Å²) in [5.74, 6) is 0.130. The molecule has 0 aliphatic carbocycles. The van der Waals surface area contributed by atoms with Crippen LogP contribution in [0, 0.1) is 12.8 Å². The minimum absolute atomic E-state index is 0.0330. The van der Waals surface area contributed by atoms with E-state index in [0.717, 1.165) is 5.56 Å². The number of carbonyl (C=O) groups is 1. The van der Waals surface area contributed by atoms with Gasteiger partial charge in [-0.15, -0.1) is 0 Å². The summed E-state index contributed by atoms with van der Waals surface area (Å²) in [5, 5.41) is 4.75. The predicted octanol–water partition coefficient (Wildman–Crippen LogP) is 2.79. The first-order valence-corrected chi connectivity index (χ1v) is 11.7. The molecule has 7 nitrogen and oxygen atoms in total. The van der Waals surface area contributed by atoms with E-state index in [2.05, 4.69) is 18.9 Å². The third-order valence-electron chi connectivity index (χ3n) is 4.93. The van der Waals surface area contributed by atoms with E-state index in [9.17, 15) is 13.2 Å². The Bertz CT molecular complexity index is 965. The smallest absolute Gasteiger partial charge is 0.258 e. The van der Waals surface area contributed by atoms with Crippen molar-refractivity contribution in [3.63, 3.8) is 0 Å². The Labute approximate surface area is 177 Å². The zero-order valence-electron chi connectivity index (χ0n) is 17.0. The Kier molecular flexibility index (Phi) is 6.65. The zero-order valence-corrected chi connectivity index (χ0v) is 18.6. The number of nitrogens with zero attached hydrogens (tertiary/aromatic N) is 4. The molecule has 2 aromatic rings. The maximum atomic E-state index is 13.0. The fourth-order valence-corrected chi connectivity index (χ4v) is 5.31. The van der Waals surface area contributed by atoms with Crippen molar-refractivity contribution in [1.82, 2.24) is 19.0 Å². The van der Waals surface area contributed by atoms with E-state index < -0.39 is 10.0 Å². The molecular weight excluding hydrogens is 412 g/mol. The highest BCUT2D eigenvalue weighted by Gasteiger charge is 2.31. The Morgan fingerprint density at radius 1 is 1.14 bits per heavy atom. The Morgan fingerprint density at radius 3 is 2.34 bits per heavy atom. The van der Waals surface area contributed by atoms with Crippen LogP contribution in [0.1, 0.15) is 35.5 Å². The molecule has 0 bridgehead atoms. The van der Waals surface area contributed by atoms with E-state index in [0.29, 0.717) is 42.0 Å². The van der Waals surface area contributed by atoms with E-state index in [1.165, 1.54) is 4.31 Å². The van der Waals surface area contributed by atoms with Gasteiger partial charge in [0.2, 0.25) is 10.0 Å². The number of aromatic nitrogens is 2. The number of rotatable bonds is 6. The Morgan fingerprint density at radius 2 is 1.76 bits per heavy atom. The first-order chi connectivity index (χ1) is 13.7. The summed E-state index contributed by atoms with van der Waals surface area (Å²) in [6.07, 6.45) is 0. The third-order valence-corrected chi connectivity index (χ3v) is 7.16. The molecule has 1 saturated heterocycles. The number of hydrogen-bond acceptors (Lipinski definition) is 4. The van der Waals surface area contributed by atoms with Gasteiger partial charge >= 0.3 is 0 Å². The number of benzene rings is 1. The van der Waals surface area contributed by atoms with Crippen LogP contribution in [0.3, 0.4) is 0 Å². The molecule has 0 saturated carbocycles. The Balaban J connectivity index is 1.66. The van der Waals surface area contributed by atoms with Crippen LogP contribution in [0.15, 0.2) is 30.3 Å². The van der Waals surface area contributed by atoms with Crippen molar-refractivity contribution in [3.8, 4) is 0 Å². The number of piperazine rings is 1. The zero-order chi connectivity index (χ0) is 21.2. The summed E-state index contributed by atoms with van der Waals surface area (Å²) in [5.41, 5.74) is 1.76. The molecular formula is C20H27ClN4O3S. The number of aryl methyl sites for hydroxylation is 1. The van der Waals surface area contributed by atoms with Gasteiger partial charge in [0.25, 0.3) is 5.91 Å². The van der Waals surface area contributed by atoms with Crippen molar-refractivity contribution in [3.05, 3.63) is 52.3 Å². The van der Waals surface area contributed by atoms with Gasteiger partial charge in [0.15, 0.2) is 0 Å². The number of carbonyl (C=O) groups excluding carboxylic acids is 1. The van der Waals surface area contributed by atoms with Gasteiger partial charge in [-0.3, -0.25) is 9.48 Å². The molecule has 1 aliphatic heterocycles. The Hall–Kier alpha value is -1.90. The standard InChI is InChI=1S/C20H27ClN4O3S/c1-15(2)13-25-19(21)18(16(3)22-25)20(26)23-9-11-24(12-10-23)29(27,28)14-17-7-5-4-6-8-17/h4-8,15H,9-14H2,1-3H3. The second-order valence-electron chi connectivity index (χ2n) is 7.76. The van der Waals surface area contributed by atoms with Gasteiger partial charge in [0.05, 0.1) is 17.0 Å². The molecule has 0 radical (unpaired) electrons. The number of halogens is 1. The molecule has 3 rings (SSSR count). The minimum Gasteiger partial charge on any atom is -0.336 e. The van der Waals surface area contributed by atoms with Crippen LogP contribution in [0.5, 0.6) is 0 Å². The van der Waals surface area contributed by atoms with Crippen LogP contribution in [0.25, 0.3) is 0 Å². The van der Waals surface area contributed by atoms with Crippen molar-refractivity contribution in [2.24, 2.45) is 5.92 Å². The fraction of sp³-hybridized carbons (Fsp3) is 0.500. The van der Waals surface area contributed by atoms with Crippen LogP contribution in [0.2, 0.25) is 5.15 Å². The first-order valence-electron chi connectivity index (χ1n) is 9.73. The maximum Gasteiger partial charge on any atom is 0.258 e. The lowest BCUT2D eigenvalue weighted by atomic mass is 10.2. The second-order valence-corrected chi connectivity index (χ2v) is 10.1. The van der Waals surface area contributed by atoms with Crippen LogP contribution in [-0.2, 0) is 22.3 Å². The molecule has 2 heterocycles. The van der Waals surface area contributed by atoms with Crippen molar-refractivity contribution >= 4 is 27.5 Å². The van der Waals surface area contributed by atoms with Gasteiger partial charge in [-0.25, -0.2) is 8.42 Å². The van der Waals surface area contributed by atoms with E-state index in [4.69, 9.17) is 11.6 Å². The quantitative estimate of drug-likeness (QED) is 0.694. The van der Waals surface area contributed by atoms with E-state index in [1.54, 1.807) is 28.6 Å². The topological polar surface area (TPSA) is 75.5 Å².